The Morgan fingerprint density at radius 3 is 1.40 bits per heavy atom. The van der Waals surface area contributed by atoms with Gasteiger partial charge >= 0.3 is 0 Å². The van der Waals surface area contributed by atoms with Crippen LogP contribution < -0.4 is 9.47 Å². The molecule has 2 aliphatic heterocycles. The molecule has 2 heterocycles. The Hall–Kier alpha value is -2.12. The lowest BCUT2D eigenvalue weighted by molar-refractivity contribution is 0.0495. The highest BCUT2D eigenvalue weighted by molar-refractivity contribution is 5.54. The van der Waals surface area contributed by atoms with Crippen LogP contribution in [0, 0.1) is 13.8 Å². The standard InChI is InChI=1S/C36H54N2O4/c1-26-16-32(18-30-22-37(20-28(3)39)24-41-34(26)30)36(14-12-10-8-6-5-7-9-11-13-15-36)33-17-27(2)35-31(19-33)23-38(25-42-35)21-29(4)40/h16-19,28-29,39-40H,5-15,20-25H2,1-4H3. The number of β-amino-alcohol motifs (C(OH)–C–C–N with tert-alkyl or cyclic N) is 2. The second kappa shape index (κ2) is 14.1. The van der Waals surface area contributed by atoms with Gasteiger partial charge in [-0.3, -0.25) is 9.80 Å². The number of aliphatic hydroxyl groups is 2. The molecule has 232 valence electrons. The normalized spacial score (nSPS) is 22.0. The Kier molecular flexibility index (Phi) is 10.5. The molecule has 1 fully saturated rings. The summed E-state index contributed by atoms with van der Waals surface area (Å²) in [7, 11) is 0. The van der Waals surface area contributed by atoms with Crippen LogP contribution in [0.4, 0.5) is 0 Å². The summed E-state index contributed by atoms with van der Waals surface area (Å²) in [4.78, 5) is 4.42. The van der Waals surface area contributed by atoms with E-state index in [0.717, 1.165) is 37.4 Å². The summed E-state index contributed by atoms with van der Waals surface area (Å²) in [5, 5.41) is 20.1. The molecule has 2 atom stereocenters. The van der Waals surface area contributed by atoms with Crippen LogP contribution in [0.2, 0.25) is 0 Å². The first kappa shape index (κ1) is 31.3. The average Bonchev–Trinajstić information content (AvgIpc) is 2.92. The van der Waals surface area contributed by atoms with E-state index in [-0.39, 0.29) is 17.6 Å². The lowest BCUT2D eigenvalue weighted by Crippen LogP contribution is -2.38. The Labute approximate surface area is 254 Å². The van der Waals surface area contributed by atoms with Gasteiger partial charge in [0.2, 0.25) is 0 Å². The van der Waals surface area contributed by atoms with Crippen LogP contribution in [0.5, 0.6) is 11.5 Å². The molecule has 0 spiro atoms. The average molecular weight is 579 g/mol. The van der Waals surface area contributed by atoms with Crippen LogP contribution >= 0.6 is 0 Å². The molecular formula is C36H54N2O4. The predicted octanol–water partition coefficient (Wildman–Crippen LogP) is 6.96. The highest BCUT2D eigenvalue weighted by atomic mass is 16.5. The molecular weight excluding hydrogens is 524 g/mol. The summed E-state index contributed by atoms with van der Waals surface area (Å²) in [6.07, 6.45) is 13.3. The predicted molar refractivity (Wildman–Crippen MR) is 169 cm³/mol. The van der Waals surface area contributed by atoms with E-state index < -0.39 is 0 Å². The second-order valence-electron chi connectivity index (χ2n) is 13.6. The van der Waals surface area contributed by atoms with Crippen LogP contribution in [-0.2, 0) is 18.5 Å². The van der Waals surface area contributed by atoms with E-state index in [1.807, 2.05) is 13.8 Å². The van der Waals surface area contributed by atoms with Gasteiger partial charge in [-0.15, -0.1) is 0 Å². The van der Waals surface area contributed by atoms with E-state index in [1.165, 1.54) is 91.2 Å². The zero-order valence-corrected chi connectivity index (χ0v) is 26.6. The van der Waals surface area contributed by atoms with Crippen molar-refractivity contribution < 1.29 is 19.7 Å². The number of aryl methyl sites for hydroxylation is 2. The maximum atomic E-state index is 10.1. The van der Waals surface area contributed by atoms with Crippen LogP contribution in [-0.4, -0.2) is 58.8 Å². The minimum atomic E-state index is -0.383. The quantitative estimate of drug-likeness (QED) is 0.386. The number of rotatable bonds is 6. The molecule has 0 bridgehead atoms. The molecule has 0 saturated heterocycles. The van der Waals surface area contributed by atoms with Gasteiger partial charge in [-0.1, -0.05) is 69.9 Å². The lowest BCUT2D eigenvalue weighted by Gasteiger charge is -2.40. The lowest BCUT2D eigenvalue weighted by atomic mass is 9.66. The molecule has 2 N–H and O–H groups in total. The molecule has 2 aromatic carbocycles. The van der Waals surface area contributed by atoms with E-state index in [2.05, 4.69) is 47.9 Å². The summed E-state index contributed by atoms with van der Waals surface area (Å²) < 4.78 is 12.5. The van der Waals surface area contributed by atoms with E-state index in [4.69, 9.17) is 9.47 Å². The van der Waals surface area contributed by atoms with Crippen LogP contribution in [0.25, 0.3) is 0 Å². The first-order valence-corrected chi connectivity index (χ1v) is 16.6. The van der Waals surface area contributed by atoms with Crippen molar-refractivity contribution in [2.75, 3.05) is 26.6 Å². The Bertz CT molecular complexity index is 1100. The Morgan fingerprint density at radius 1 is 0.643 bits per heavy atom. The molecule has 6 nitrogen and oxygen atoms in total. The van der Waals surface area contributed by atoms with Crippen molar-refractivity contribution in [2.24, 2.45) is 0 Å². The molecule has 2 unspecified atom stereocenters. The van der Waals surface area contributed by atoms with Gasteiger partial charge in [0.05, 0.1) is 12.2 Å². The van der Waals surface area contributed by atoms with Crippen molar-refractivity contribution in [1.29, 1.82) is 0 Å². The molecule has 3 aliphatic rings. The molecule has 42 heavy (non-hydrogen) atoms. The molecule has 0 radical (unpaired) electrons. The van der Waals surface area contributed by atoms with E-state index in [1.54, 1.807) is 0 Å². The van der Waals surface area contributed by atoms with E-state index in [9.17, 15) is 10.2 Å². The van der Waals surface area contributed by atoms with Gasteiger partial charge in [-0.05, 0) is 74.9 Å². The number of hydrogen-bond donors (Lipinski definition) is 2. The minimum Gasteiger partial charge on any atom is -0.478 e. The molecule has 5 rings (SSSR count). The molecule has 6 heteroatoms. The summed E-state index contributed by atoms with van der Waals surface area (Å²) in [5.41, 5.74) is 7.65. The van der Waals surface area contributed by atoms with Crippen LogP contribution in [0.3, 0.4) is 0 Å². The number of benzene rings is 2. The SMILES string of the molecule is Cc1cc(C2(c3cc(C)c4c(c3)CN(CC(C)O)CO4)CCCCCCCCCCC2)cc2c1OCN(CC(C)O)C2. The first-order chi connectivity index (χ1) is 20.2. The third kappa shape index (κ3) is 7.32. The second-order valence-corrected chi connectivity index (χ2v) is 13.6. The highest BCUT2D eigenvalue weighted by Gasteiger charge is 2.37. The summed E-state index contributed by atoms with van der Waals surface area (Å²) in [6, 6.07) is 9.71. The van der Waals surface area contributed by atoms with Gasteiger partial charge in [0.1, 0.15) is 25.0 Å². The zero-order valence-electron chi connectivity index (χ0n) is 26.6. The van der Waals surface area contributed by atoms with Crippen LogP contribution in [0.1, 0.15) is 118 Å². The zero-order chi connectivity index (χ0) is 29.7. The number of hydrogen-bond acceptors (Lipinski definition) is 6. The largest absolute Gasteiger partial charge is 0.478 e. The van der Waals surface area contributed by atoms with Crippen molar-refractivity contribution in [2.45, 2.75) is 129 Å². The third-order valence-electron chi connectivity index (χ3n) is 9.63. The number of nitrogens with zero attached hydrogens (tertiary/aromatic N) is 2. The van der Waals surface area contributed by atoms with Crippen molar-refractivity contribution in [3.8, 4) is 11.5 Å². The molecule has 0 aromatic heterocycles. The first-order valence-electron chi connectivity index (χ1n) is 16.6. The maximum Gasteiger partial charge on any atom is 0.142 e. The van der Waals surface area contributed by atoms with Gasteiger partial charge in [-0.25, -0.2) is 0 Å². The number of aliphatic hydroxyl groups excluding tert-OH is 2. The number of ether oxygens (including phenoxy) is 2. The van der Waals surface area contributed by atoms with Gasteiger partial charge in [0, 0.05) is 42.7 Å². The van der Waals surface area contributed by atoms with Gasteiger partial charge in [0.25, 0.3) is 0 Å². The fourth-order valence-electron chi connectivity index (χ4n) is 7.72. The highest BCUT2D eigenvalue weighted by Crippen LogP contribution is 2.47. The molecule has 1 aliphatic carbocycles. The van der Waals surface area contributed by atoms with Crippen molar-refractivity contribution in [3.63, 3.8) is 0 Å². The molecule has 0 amide bonds. The summed E-state index contributed by atoms with van der Waals surface area (Å²) >= 11 is 0. The fraction of sp³-hybridized carbons (Fsp3) is 0.667. The van der Waals surface area contributed by atoms with E-state index >= 15 is 0 Å². The van der Waals surface area contributed by atoms with Gasteiger partial charge in [-0.2, -0.15) is 0 Å². The smallest absolute Gasteiger partial charge is 0.142 e. The Balaban J connectivity index is 1.59. The summed E-state index contributed by atoms with van der Waals surface area (Å²) in [6.45, 7) is 12.0. The molecule has 1 saturated carbocycles. The van der Waals surface area contributed by atoms with Crippen molar-refractivity contribution in [3.05, 3.63) is 57.6 Å². The minimum absolute atomic E-state index is 0.0854. The van der Waals surface area contributed by atoms with Crippen LogP contribution in [0.15, 0.2) is 24.3 Å². The third-order valence-corrected chi connectivity index (χ3v) is 9.63. The van der Waals surface area contributed by atoms with E-state index in [0.29, 0.717) is 26.6 Å². The number of fused-ring (bicyclic) bond motifs is 2. The Morgan fingerprint density at radius 2 is 1.02 bits per heavy atom. The topological polar surface area (TPSA) is 65.4 Å². The summed E-state index contributed by atoms with van der Waals surface area (Å²) in [5.74, 6) is 2.04. The monoisotopic (exact) mass is 578 g/mol. The maximum absolute atomic E-state index is 10.1. The van der Waals surface area contributed by atoms with Crippen molar-refractivity contribution in [1.82, 2.24) is 9.80 Å². The molecule has 2 aromatic rings. The van der Waals surface area contributed by atoms with Crippen molar-refractivity contribution >= 4 is 0 Å². The van der Waals surface area contributed by atoms with Gasteiger partial charge < -0.3 is 19.7 Å². The van der Waals surface area contributed by atoms with Gasteiger partial charge in [0.15, 0.2) is 0 Å². The fourth-order valence-corrected chi connectivity index (χ4v) is 7.72.